The molecule has 2 aromatic carbocycles. The van der Waals surface area contributed by atoms with Crippen LogP contribution in [0.4, 0.5) is 0 Å². The van der Waals surface area contributed by atoms with Gasteiger partial charge < -0.3 is 9.84 Å². The lowest BCUT2D eigenvalue weighted by Crippen LogP contribution is -2.34. The number of methoxy groups -OCH3 is 1. The highest BCUT2D eigenvalue weighted by molar-refractivity contribution is 5.90. The van der Waals surface area contributed by atoms with Crippen molar-refractivity contribution in [3.05, 3.63) is 63.7 Å². The van der Waals surface area contributed by atoms with Crippen LogP contribution in [0, 0.1) is 12.8 Å². The summed E-state index contributed by atoms with van der Waals surface area (Å²) in [4.78, 5) is 11.2. The molecular weight excluding hydrogens is 384 g/mol. The van der Waals surface area contributed by atoms with Gasteiger partial charge in [0.25, 0.3) is 0 Å². The number of hydrogen-bond donors (Lipinski definition) is 1. The molecule has 0 heterocycles. The van der Waals surface area contributed by atoms with Gasteiger partial charge in [0.1, 0.15) is 5.75 Å². The highest BCUT2D eigenvalue weighted by Crippen LogP contribution is 2.52. The van der Waals surface area contributed by atoms with E-state index in [-0.39, 0.29) is 16.7 Å². The molecule has 0 atom stereocenters. The van der Waals surface area contributed by atoms with Gasteiger partial charge in [-0.15, -0.1) is 0 Å². The van der Waals surface area contributed by atoms with E-state index >= 15 is 0 Å². The number of carboxylic acid groups (broad SMARTS) is 1. The van der Waals surface area contributed by atoms with Gasteiger partial charge in [-0.1, -0.05) is 65.8 Å². The van der Waals surface area contributed by atoms with Gasteiger partial charge >= 0.3 is 5.97 Å². The van der Waals surface area contributed by atoms with Crippen LogP contribution in [0.2, 0.25) is 0 Å². The van der Waals surface area contributed by atoms with E-state index in [1.165, 1.54) is 27.8 Å². The van der Waals surface area contributed by atoms with E-state index in [1.807, 2.05) is 12.1 Å². The van der Waals surface area contributed by atoms with Gasteiger partial charge in [0.05, 0.1) is 12.7 Å². The molecule has 0 unspecified atom stereocenters. The first-order valence-corrected chi connectivity index (χ1v) is 11.2. The summed E-state index contributed by atoms with van der Waals surface area (Å²) >= 11 is 0. The molecule has 0 aliphatic heterocycles. The van der Waals surface area contributed by atoms with Crippen LogP contribution in [0.3, 0.4) is 0 Å². The van der Waals surface area contributed by atoms with E-state index in [1.54, 1.807) is 19.2 Å². The molecule has 1 aliphatic carbocycles. The van der Waals surface area contributed by atoms with Crippen molar-refractivity contribution in [2.75, 3.05) is 7.11 Å². The standard InChI is InChI=1S/C28H36O3/c1-17(2)21(16-19-9-11-20(12-10-19)26(29)30)23-18(3)15-22-24(25(23)31-8)28(6,7)14-13-27(22,4)5/h9-12,15-17H,13-14H2,1-8H3,(H,29,30). The smallest absolute Gasteiger partial charge is 0.335 e. The Balaban J connectivity index is 2.27. The molecule has 0 fully saturated rings. The fourth-order valence-corrected chi connectivity index (χ4v) is 4.87. The normalized spacial score (nSPS) is 17.4. The van der Waals surface area contributed by atoms with E-state index in [0.717, 1.165) is 24.2 Å². The summed E-state index contributed by atoms with van der Waals surface area (Å²) in [6, 6.07) is 9.44. The Labute approximate surface area is 187 Å². The highest BCUT2D eigenvalue weighted by atomic mass is 16.5. The van der Waals surface area contributed by atoms with Crippen molar-refractivity contribution < 1.29 is 14.6 Å². The molecule has 0 saturated heterocycles. The first-order valence-electron chi connectivity index (χ1n) is 11.2. The zero-order chi connectivity index (χ0) is 23.1. The summed E-state index contributed by atoms with van der Waals surface area (Å²) in [5.41, 5.74) is 7.80. The number of allylic oxidation sites excluding steroid dienone is 1. The van der Waals surface area contributed by atoms with Crippen LogP contribution in [-0.4, -0.2) is 18.2 Å². The quantitative estimate of drug-likeness (QED) is 0.518. The Morgan fingerprint density at radius 3 is 2.16 bits per heavy atom. The summed E-state index contributed by atoms with van der Waals surface area (Å²) < 4.78 is 6.15. The monoisotopic (exact) mass is 420 g/mol. The number of aromatic carboxylic acids is 1. The lowest BCUT2D eigenvalue weighted by atomic mass is 9.61. The Morgan fingerprint density at radius 2 is 1.65 bits per heavy atom. The molecule has 0 aromatic heterocycles. The average molecular weight is 421 g/mol. The molecule has 0 saturated carbocycles. The number of carboxylic acids is 1. The molecule has 31 heavy (non-hydrogen) atoms. The third kappa shape index (κ3) is 4.28. The number of aryl methyl sites for hydroxylation is 1. The van der Waals surface area contributed by atoms with Crippen molar-refractivity contribution in [3.8, 4) is 5.75 Å². The second kappa shape index (κ2) is 8.18. The van der Waals surface area contributed by atoms with Gasteiger partial charge in [-0.3, -0.25) is 0 Å². The molecule has 2 aromatic rings. The van der Waals surface area contributed by atoms with Crippen LogP contribution in [0.15, 0.2) is 30.3 Å². The topological polar surface area (TPSA) is 46.5 Å². The van der Waals surface area contributed by atoms with Crippen molar-refractivity contribution in [2.24, 2.45) is 5.92 Å². The first kappa shape index (κ1) is 23.1. The maximum absolute atomic E-state index is 11.2. The van der Waals surface area contributed by atoms with Gasteiger partial charge in [-0.25, -0.2) is 4.79 Å². The Bertz CT molecular complexity index is 1020. The molecule has 1 aliphatic rings. The summed E-state index contributed by atoms with van der Waals surface area (Å²) in [5, 5.41) is 9.20. The lowest BCUT2D eigenvalue weighted by Gasteiger charge is -2.43. The van der Waals surface area contributed by atoms with Crippen molar-refractivity contribution in [1.82, 2.24) is 0 Å². The Hall–Kier alpha value is -2.55. The number of rotatable bonds is 5. The van der Waals surface area contributed by atoms with Crippen LogP contribution in [-0.2, 0) is 10.8 Å². The number of ether oxygens (including phenoxy) is 1. The van der Waals surface area contributed by atoms with Gasteiger partial charge in [0.15, 0.2) is 0 Å². The first-order chi connectivity index (χ1) is 14.4. The molecule has 0 bridgehead atoms. The average Bonchev–Trinajstić information content (AvgIpc) is 2.69. The molecule has 0 amide bonds. The summed E-state index contributed by atoms with van der Waals surface area (Å²) in [5.74, 6) is 0.371. The maximum atomic E-state index is 11.2. The van der Waals surface area contributed by atoms with Gasteiger partial charge in [-0.05, 0) is 70.9 Å². The number of hydrogen-bond acceptors (Lipinski definition) is 2. The number of carbonyl (C=O) groups is 1. The van der Waals surface area contributed by atoms with Crippen LogP contribution in [0.1, 0.15) is 92.6 Å². The minimum Gasteiger partial charge on any atom is -0.496 e. The molecule has 3 heteroatoms. The molecule has 3 nitrogen and oxygen atoms in total. The fraction of sp³-hybridized carbons (Fsp3) is 0.464. The summed E-state index contributed by atoms with van der Waals surface area (Å²) in [7, 11) is 1.79. The van der Waals surface area contributed by atoms with E-state index in [0.29, 0.717) is 5.56 Å². The highest BCUT2D eigenvalue weighted by Gasteiger charge is 2.41. The maximum Gasteiger partial charge on any atom is 0.335 e. The SMILES string of the molecule is COc1c(C(=Cc2ccc(C(=O)O)cc2)C(C)C)c(C)cc2c1C(C)(C)CCC2(C)C. The largest absolute Gasteiger partial charge is 0.496 e. The second-order valence-corrected chi connectivity index (χ2v) is 10.5. The van der Waals surface area contributed by atoms with Crippen molar-refractivity contribution in [3.63, 3.8) is 0 Å². The van der Waals surface area contributed by atoms with Crippen molar-refractivity contribution >= 4 is 17.6 Å². The summed E-state index contributed by atoms with van der Waals surface area (Å²) in [6.07, 6.45) is 4.47. The lowest BCUT2D eigenvalue weighted by molar-refractivity contribution is 0.0697. The van der Waals surface area contributed by atoms with Gasteiger partial charge in [0.2, 0.25) is 0 Å². The zero-order valence-electron chi connectivity index (χ0n) is 20.2. The molecule has 166 valence electrons. The zero-order valence-corrected chi connectivity index (χ0v) is 20.2. The predicted octanol–water partition coefficient (Wildman–Crippen LogP) is 7.25. The minimum absolute atomic E-state index is 0.0455. The molecule has 0 spiro atoms. The molecule has 0 radical (unpaired) electrons. The van der Waals surface area contributed by atoms with Crippen molar-refractivity contribution in [1.29, 1.82) is 0 Å². The van der Waals surface area contributed by atoms with Gasteiger partial charge in [-0.2, -0.15) is 0 Å². The second-order valence-electron chi connectivity index (χ2n) is 10.5. The Morgan fingerprint density at radius 1 is 1.06 bits per heavy atom. The minimum atomic E-state index is -0.906. The van der Waals surface area contributed by atoms with Crippen LogP contribution >= 0.6 is 0 Å². The van der Waals surface area contributed by atoms with Gasteiger partial charge in [0, 0.05) is 11.1 Å². The van der Waals surface area contributed by atoms with E-state index in [2.05, 4.69) is 60.6 Å². The summed E-state index contributed by atoms with van der Waals surface area (Å²) in [6.45, 7) is 15.9. The molecule has 1 N–H and O–H groups in total. The predicted molar refractivity (Wildman–Crippen MR) is 129 cm³/mol. The van der Waals surface area contributed by atoms with Crippen molar-refractivity contribution in [2.45, 2.75) is 72.1 Å². The molecular formula is C28H36O3. The van der Waals surface area contributed by atoms with E-state index < -0.39 is 5.97 Å². The third-order valence-electron chi connectivity index (χ3n) is 6.85. The fourth-order valence-electron chi connectivity index (χ4n) is 4.87. The third-order valence-corrected chi connectivity index (χ3v) is 6.85. The van der Waals surface area contributed by atoms with Crippen LogP contribution in [0.5, 0.6) is 5.75 Å². The Kier molecular flexibility index (Phi) is 6.10. The number of fused-ring (bicyclic) bond motifs is 1. The molecule has 3 rings (SSSR count). The van der Waals surface area contributed by atoms with Crippen LogP contribution in [0.25, 0.3) is 11.6 Å². The van der Waals surface area contributed by atoms with Crippen LogP contribution < -0.4 is 4.74 Å². The number of benzene rings is 2. The van der Waals surface area contributed by atoms with E-state index in [9.17, 15) is 9.90 Å². The van der Waals surface area contributed by atoms with E-state index in [4.69, 9.17) is 4.74 Å².